The van der Waals surface area contributed by atoms with Crippen LogP contribution in [0.5, 0.6) is 0 Å². The molecule has 0 radical (unpaired) electrons. The Kier molecular flexibility index (Phi) is 5.05. The molecule has 0 saturated carbocycles. The van der Waals surface area contributed by atoms with E-state index in [9.17, 15) is 9.59 Å². The predicted octanol–water partition coefficient (Wildman–Crippen LogP) is 2.07. The Balaban J connectivity index is 2.92. The van der Waals surface area contributed by atoms with Crippen LogP contribution in [-0.2, 0) is 4.74 Å². The summed E-state index contributed by atoms with van der Waals surface area (Å²) in [5.74, 6) is -0.797. The van der Waals surface area contributed by atoms with E-state index in [1.807, 2.05) is 20.8 Å². The van der Waals surface area contributed by atoms with Crippen LogP contribution in [0.4, 0.5) is 10.7 Å². The molecular weight excluding hydrogens is 288 g/mol. The Morgan fingerprint density at radius 2 is 1.91 bits per heavy atom. The van der Waals surface area contributed by atoms with Crippen LogP contribution < -0.4 is 16.2 Å². The van der Waals surface area contributed by atoms with Gasteiger partial charge in [0.25, 0.3) is 5.89 Å². The molecule has 0 atom stereocenters. The molecule has 0 saturated heterocycles. The summed E-state index contributed by atoms with van der Waals surface area (Å²) in [5, 5.41) is 1.44. The van der Waals surface area contributed by atoms with Crippen LogP contribution in [0.2, 0.25) is 0 Å². The lowest BCUT2D eigenvalue weighted by Gasteiger charge is -2.30. The number of nitrogens with one attached hydrogen (secondary N) is 1. The van der Waals surface area contributed by atoms with Crippen molar-refractivity contribution in [2.45, 2.75) is 47.1 Å². The minimum Gasteiger partial charge on any atom is -0.443 e. The number of nitrogens with two attached hydrogens (primary N) is 1. The molecule has 124 valence electrons. The molecule has 0 bridgehead atoms. The Labute approximate surface area is 130 Å². The van der Waals surface area contributed by atoms with Gasteiger partial charge in [0.05, 0.1) is 6.20 Å². The summed E-state index contributed by atoms with van der Waals surface area (Å²) in [5.41, 5.74) is 6.91. The molecule has 0 aliphatic carbocycles. The summed E-state index contributed by atoms with van der Waals surface area (Å²) >= 11 is 0. The standard InChI is InChI=1S/C14H24N4O4/c1-13(2,3)8-18(17-12(20)22-14(4,5)6)9-7-16-11(21-9)10(15)19/h7H,8H2,1-6H3,(H2,15,19)(H,17,20). The summed E-state index contributed by atoms with van der Waals surface area (Å²) in [6.45, 7) is 11.7. The minimum absolute atomic E-state index is 0.158. The van der Waals surface area contributed by atoms with E-state index in [2.05, 4.69) is 10.4 Å². The number of hydrazine groups is 1. The van der Waals surface area contributed by atoms with Gasteiger partial charge in [-0.15, -0.1) is 0 Å². The number of primary amides is 1. The number of amides is 2. The Morgan fingerprint density at radius 3 is 2.32 bits per heavy atom. The van der Waals surface area contributed by atoms with Crippen LogP contribution in [0.15, 0.2) is 10.6 Å². The first-order chi connectivity index (χ1) is 9.87. The number of anilines is 1. The van der Waals surface area contributed by atoms with Crippen molar-refractivity contribution in [1.29, 1.82) is 0 Å². The highest BCUT2D eigenvalue weighted by atomic mass is 16.6. The van der Waals surface area contributed by atoms with E-state index < -0.39 is 17.6 Å². The van der Waals surface area contributed by atoms with Crippen LogP contribution in [0.1, 0.15) is 52.2 Å². The first-order valence-electron chi connectivity index (χ1n) is 6.90. The Morgan fingerprint density at radius 1 is 1.32 bits per heavy atom. The van der Waals surface area contributed by atoms with Crippen molar-refractivity contribution in [1.82, 2.24) is 10.4 Å². The van der Waals surface area contributed by atoms with Gasteiger partial charge in [0.15, 0.2) is 0 Å². The van der Waals surface area contributed by atoms with Crippen LogP contribution in [-0.4, -0.2) is 29.1 Å². The zero-order valence-corrected chi connectivity index (χ0v) is 13.9. The quantitative estimate of drug-likeness (QED) is 0.823. The molecule has 0 fully saturated rings. The Hall–Kier alpha value is -2.25. The maximum absolute atomic E-state index is 11.9. The number of oxazole rings is 1. The number of aromatic nitrogens is 1. The molecule has 0 aromatic carbocycles. The molecule has 8 nitrogen and oxygen atoms in total. The highest BCUT2D eigenvalue weighted by molar-refractivity contribution is 5.88. The van der Waals surface area contributed by atoms with Crippen LogP contribution in [0, 0.1) is 5.41 Å². The molecule has 22 heavy (non-hydrogen) atoms. The van der Waals surface area contributed by atoms with E-state index in [1.54, 1.807) is 20.8 Å². The zero-order valence-electron chi connectivity index (χ0n) is 13.9. The van der Waals surface area contributed by atoms with Crippen molar-refractivity contribution < 1.29 is 18.7 Å². The SMILES string of the molecule is CC(C)(C)CN(NC(=O)OC(C)(C)C)c1cnc(C(N)=O)o1. The van der Waals surface area contributed by atoms with E-state index >= 15 is 0 Å². The summed E-state index contributed by atoms with van der Waals surface area (Å²) in [6, 6.07) is 0. The highest BCUT2D eigenvalue weighted by Crippen LogP contribution is 2.21. The van der Waals surface area contributed by atoms with Gasteiger partial charge in [-0.05, 0) is 26.2 Å². The number of nitrogens with zero attached hydrogens (tertiary/aromatic N) is 2. The first-order valence-corrected chi connectivity index (χ1v) is 6.90. The van der Waals surface area contributed by atoms with Gasteiger partial charge in [-0.2, -0.15) is 0 Å². The molecule has 0 aliphatic rings. The number of ether oxygens (including phenoxy) is 1. The molecule has 0 aliphatic heterocycles. The van der Waals surface area contributed by atoms with E-state index in [-0.39, 0.29) is 17.2 Å². The molecule has 2 amide bonds. The monoisotopic (exact) mass is 312 g/mol. The molecule has 0 unspecified atom stereocenters. The molecule has 1 aromatic heterocycles. The third-order valence-electron chi connectivity index (χ3n) is 2.23. The van der Waals surface area contributed by atoms with Crippen molar-refractivity contribution in [2.24, 2.45) is 11.1 Å². The molecule has 1 aromatic rings. The van der Waals surface area contributed by atoms with Crippen LogP contribution in [0.25, 0.3) is 0 Å². The maximum atomic E-state index is 11.9. The normalized spacial score (nSPS) is 11.9. The second-order valence-electron chi connectivity index (χ2n) is 7.13. The van der Waals surface area contributed by atoms with Crippen molar-refractivity contribution in [3.8, 4) is 0 Å². The summed E-state index contributed by atoms with van der Waals surface area (Å²) in [4.78, 5) is 26.8. The molecule has 0 spiro atoms. The van der Waals surface area contributed by atoms with E-state index in [1.165, 1.54) is 11.2 Å². The average Bonchev–Trinajstić information content (AvgIpc) is 2.72. The maximum Gasteiger partial charge on any atom is 0.426 e. The lowest BCUT2D eigenvalue weighted by atomic mass is 9.97. The number of hydrogen-bond donors (Lipinski definition) is 2. The van der Waals surface area contributed by atoms with Crippen LogP contribution in [0.3, 0.4) is 0 Å². The number of carbonyl (C=O) groups excluding carboxylic acids is 2. The fourth-order valence-electron chi connectivity index (χ4n) is 1.56. The third kappa shape index (κ3) is 6.02. The molecule has 3 N–H and O–H groups in total. The largest absolute Gasteiger partial charge is 0.443 e. The van der Waals surface area contributed by atoms with Gasteiger partial charge in [-0.25, -0.2) is 20.2 Å². The predicted molar refractivity (Wildman–Crippen MR) is 81.2 cm³/mol. The van der Waals surface area contributed by atoms with Crippen molar-refractivity contribution in [3.05, 3.63) is 12.1 Å². The molecular formula is C14H24N4O4. The van der Waals surface area contributed by atoms with E-state index in [0.717, 1.165) is 0 Å². The van der Waals surface area contributed by atoms with Gasteiger partial charge in [0.2, 0.25) is 5.88 Å². The van der Waals surface area contributed by atoms with Gasteiger partial charge in [0, 0.05) is 6.54 Å². The average molecular weight is 312 g/mol. The lowest BCUT2D eigenvalue weighted by Crippen LogP contribution is -2.48. The fraction of sp³-hybridized carbons (Fsp3) is 0.643. The van der Waals surface area contributed by atoms with E-state index in [4.69, 9.17) is 14.9 Å². The topological polar surface area (TPSA) is 111 Å². The van der Waals surface area contributed by atoms with Gasteiger partial charge >= 0.3 is 12.0 Å². The number of rotatable bonds is 4. The molecule has 1 heterocycles. The van der Waals surface area contributed by atoms with Gasteiger partial charge in [0.1, 0.15) is 5.60 Å². The Bertz CT molecular complexity index is 540. The molecule has 1 rings (SSSR count). The fourth-order valence-corrected chi connectivity index (χ4v) is 1.56. The second-order valence-corrected chi connectivity index (χ2v) is 7.13. The van der Waals surface area contributed by atoms with Gasteiger partial charge in [-0.1, -0.05) is 20.8 Å². The third-order valence-corrected chi connectivity index (χ3v) is 2.23. The van der Waals surface area contributed by atoms with Gasteiger partial charge < -0.3 is 14.9 Å². The second kappa shape index (κ2) is 6.25. The van der Waals surface area contributed by atoms with Crippen molar-refractivity contribution in [2.75, 3.05) is 11.6 Å². The van der Waals surface area contributed by atoms with Crippen molar-refractivity contribution in [3.63, 3.8) is 0 Å². The highest BCUT2D eigenvalue weighted by Gasteiger charge is 2.25. The van der Waals surface area contributed by atoms with Crippen LogP contribution >= 0.6 is 0 Å². The smallest absolute Gasteiger partial charge is 0.426 e. The summed E-state index contributed by atoms with van der Waals surface area (Å²) in [6.07, 6.45) is 0.692. The lowest BCUT2D eigenvalue weighted by molar-refractivity contribution is 0.0514. The number of hydrogen-bond acceptors (Lipinski definition) is 6. The van der Waals surface area contributed by atoms with Gasteiger partial charge in [-0.3, -0.25) is 4.79 Å². The van der Waals surface area contributed by atoms with E-state index in [0.29, 0.717) is 6.54 Å². The summed E-state index contributed by atoms with van der Waals surface area (Å²) < 4.78 is 10.5. The van der Waals surface area contributed by atoms with Crippen molar-refractivity contribution >= 4 is 17.9 Å². The zero-order chi connectivity index (χ0) is 17.1. The minimum atomic E-state index is -0.778. The molecule has 8 heteroatoms. The summed E-state index contributed by atoms with van der Waals surface area (Å²) in [7, 11) is 0. The first kappa shape index (κ1) is 17.8. The number of carbonyl (C=O) groups is 2.